The minimum absolute atomic E-state index is 0.00519. The van der Waals surface area contributed by atoms with E-state index in [1.807, 2.05) is 30.3 Å². The number of H-pyrrole nitrogens is 1. The molecule has 18 heavy (non-hydrogen) atoms. The van der Waals surface area contributed by atoms with Gasteiger partial charge in [-0.15, -0.1) is 0 Å². The van der Waals surface area contributed by atoms with Gasteiger partial charge < -0.3 is 10.1 Å². The Morgan fingerprint density at radius 1 is 1.22 bits per heavy atom. The van der Waals surface area contributed by atoms with Gasteiger partial charge in [-0.05, 0) is 6.07 Å². The predicted molar refractivity (Wildman–Crippen MR) is 66.3 cm³/mol. The number of rotatable bonds is 2. The fourth-order valence-electron chi connectivity index (χ4n) is 1.85. The number of hydrogen-bond donors (Lipinski definition) is 2. The molecule has 1 aromatic carbocycles. The monoisotopic (exact) mass is 239 g/mol. The second kappa shape index (κ2) is 3.96. The molecule has 0 saturated heterocycles. The van der Waals surface area contributed by atoms with Crippen LogP contribution in [-0.2, 0) is 0 Å². The summed E-state index contributed by atoms with van der Waals surface area (Å²) in [6.07, 6.45) is 1.53. The van der Waals surface area contributed by atoms with Crippen LogP contribution < -0.4 is 0 Å². The molecule has 3 rings (SSSR count). The van der Waals surface area contributed by atoms with E-state index in [9.17, 15) is 4.79 Å². The molecule has 3 aromatic rings. The summed E-state index contributed by atoms with van der Waals surface area (Å²) >= 11 is 0. The van der Waals surface area contributed by atoms with Crippen LogP contribution in [0.3, 0.4) is 0 Å². The zero-order valence-corrected chi connectivity index (χ0v) is 9.29. The number of carbonyl (C=O) groups is 1. The standard InChI is InChI=1S/C13H9N3O2/c17-13(18)10-6-9-12(15-7-14-9)11(16-10)8-4-2-1-3-5-8/h1-7H,(H,14,15)(H,17,18). The van der Waals surface area contributed by atoms with Gasteiger partial charge in [-0.3, -0.25) is 0 Å². The van der Waals surface area contributed by atoms with Crippen molar-refractivity contribution in [2.45, 2.75) is 0 Å². The number of benzene rings is 1. The zero-order chi connectivity index (χ0) is 12.5. The van der Waals surface area contributed by atoms with Crippen molar-refractivity contribution in [3.8, 4) is 11.3 Å². The van der Waals surface area contributed by atoms with E-state index in [0.717, 1.165) is 5.56 Å². The predicted octanol–water partition coefficient (Wildman–Crippen LogP) is 2.32. The van der Waals surface area contributed by atoms with E-state index in [4.69, 9.17) is 5.11 Å². The number of nitrogens with one attached hydrogen (secondary N) is 1. The van der Waals surface area contributed by atoms with Crippen LogP contribution in [0.4, 0.5) is 0 Å². The summed E-state index contributed by atoms with van der Waals surface area (Å²) in [7, 11) is 0. The molecular weight excluding hydrogens is 230 g/mol. The third-order valence-corrected chi connectivity index (χ3v) is 2.67. The highest BCUT2D eigenvalue weighted by atomic mass is 16.4. The molecular formula is C13H9N3O2. The van der Waals surface area contributed by atoms with Gasteiger partial charge in [0.05, 0.1) is 17.5 Å². The minimum atomic E-state index is -1.05. The number of aromatic carboxylic acids is 1. The Bertz CT molecular complexity index is 719. The molecule has 0 bridgehead atoms. The minimum Gasteiger partial charge on any atom is -0.477 e. The van der Waals surface area contributed by atoms with Crippen LogP contribution in [0, 0.1) is 0 Å². The summed E-state index contributed by atoms with van der Waals surface area (Å²) in [6.45, 7) is 0. The van der Waals surface area contributed by atoms with E-state index in [1.54, 1.807) is 0 Å². The van der Waals surface area contributed by atoms with Crippen molar-refractivity contribution in [2.24, 2.45) is 0 Å². The molecule has 0 unspecified atom stereocenters. The maximum Gasteiger partial charge on any atom is 0.354 e. The Kier molecular flexibility index (Phi) is 2.30. The van der Waals surface area contributed by atoms with Gasteiger partial charge in [0.2, 0.25) is 0 Å². The number of carboxylic acids is 1. The number of hydrogen-bond acceptors (Lipinski definition) is 3. The number of pyridine rings is 1. The number of aromatic amines is 1. The first-order chi connectivity index (χ1) is 8.75. The Morgan fingerprint density at radius 2 is 2.00 bits per heavy atom. The van der Waals surface area contributed by atoms with Crippen molar-refractivity contribution >= 4 is 17.0 Å². The lowest BCUT2D eigenvalue weighted by Gasteiger charge is -2.03. The first-order valence-corrected chi connectivity index (χ1v) is 5.38. The van der Waals surface area contributed by atoms with E-state index < -0.39 is 5.97 Å². The third kappa shape index (κ3) is 1.62. The van der Waals surface area contributed by atoms with E-state index in [-0.39, 0.29) is 5.69 Å². The number of carboxylic acid groups (broad SMARTS) is 1. The topological polar surface area (TPSA) is 78.9 Å². The average Bonchev–Trinajstić information content (AvgIpc) is 2.86. The molecule has 2 aromatic heterocycles. The molecule has 0 fully saturated rings. The number of imidazole rings is 1. The smallest absolute Gasteiger partial charge is 0.354 e. The second-order valence-corrected chi connectivity index (χ2v) is 3.83. The van der Waals surface area contributed by atoms with Crippen molar-refractivity contribution in [2.75, 3.05) is 0 Å². The third-order valence-electron chi connectivity index (χ3n) is 2.67. The van der Waals surface area contributed by atoms with Crippen LogP contribution in [-0.4, -0.2) is 26.0 Å². The van der Waals surface area contributed by atoms with Gasteiger partial charge in [0.25, 0.3) is 0 Å². The molecule has 0 spiro atoms. The Balaban J connectivity index is 2.33. The van der Waals surface area contributed by atoms with Crippen LogP contribution in [0.1, 0.15) is 10.5 Å². The fraction of sp³-hybridized carbons (Fsp3) is 0. The van der Waals surface area contributed by atoms with Crippen molar-refractivity contribution in [3.63, 3.8) is 0 Å². The van der Waals surface area contributed by atoms with Gasteiger partial charge in [0, 0.05) is 5.56 Å². The summed E-state index contributed by atoms with van der Waals surface area (Å²) in [6, 6.07) is 10.9. The van der Waals surface area contributed by atoms with Crippen molar-refractivity contribution in [1.29, 1.82) is 0 Å². The van der Waals surface area contributed by atoms with Crippen molar-refractivity contribution < 1.29 is 9.90 Å². The molecule has 0 aliphatic heterocycles. The summed E-state index contributed by atoms with van der Waals surface area (Å²) in [4.78, 5) is 22.3. The van der Waals surface area contributed by atoms with Crippen LogP contribution in [0.2, 0.25) is 0 Å². The molecule has 2 N–H and O–H groups in total. The molecule has 0 aliphatic rings. The highest BCUT2D eigenvalue weighted by Gasteiger charge is 2.13. The lowest BCUT2D eigenvalue weighted by molar-refractivity contribution is 0.0691. The molecule has 0 amide bonds. The van der Waals surface area contributed by atoms with Crippen LogP contribution in [0.5, 0.6) is 0 Å². The number of nitrogens with zero attached hydrogens (tertiary/aromatic N) is 2. The van der Waals surface area contributed by atoms with Crippen LogP contribution >= 0.6 is 0 Å². The molecule has 0 atom stereocenters. The van der Waals surface area contributed by atoms with Crippen LogP contribution in [0.25, 0.3) is 22.3 Å². The number of aromatic nitrogens is 3. The average molecular weight is 239 g/mol. The second-order valence-electron chi connectivity index (χ2n) is 3.83. The highest BCUT2D eigenvalue weighted by molar-refractivity contribution is 5.95. The molecule has 5 nitrogen and oxygen atoms in total. The normalized spacial score (nSPS) is 10.7. The summed E-state index contributed by atoms with van der Waals surface area (Å²) < 4.78 is 0. The maximum absolute atomic E-state index is 11.1. The van der Waals surface area contributed by atoms with Gasteiger partial charge in [-0.1, -0.05) is 30.3 Å². The van der Waals surface area contributed by atoms with E-state index in [1.165, 1.54) is 12.4 Å². The highest BCUT2D eigenvalue weighted by Crippen LogP contribution is 2.25. The Hall–Kier alpha value is -2.69. The van der Waals surface area contributed by atoms with E-state index >= 15 is 0 Å². The molecule has 88 valence electrons. The maximum atomic E-state index is 11.1. The fourth-order valence-corrected chi connectivity index (χ4v) is 1.85. The van der Waals surface area contributed by atoms with Gasteiger partial charge >= 0.3 is 5.97 Å². The largest absolute Gasteiger partial charge is 0.477 e. The lowest BCUT2D eigenvalue weighted by atomic mass is 10.1. The van der Waals surface area contributed by atoms with Crippen molar-refractivity contribution in [1.82, 2.24) is 15.0 Å². The van der Waals surface area contributed by atoms with Gasteiger partial charge in [-0.2, -0.15) is 0 Å². The number of fused-ring (bicyclic) bond motifs is 1. The summed E-state index contributed by atoms with van der Waals surface area (Å²) in [5.74, 6) is -1.05. The first-order valence-electron chi connectivity index (χ1n) is 5.38. The lowest BCUT2D eigenvalue weighted by Crippen LogP contribution is -2.01. The van der Waals surface area contributed by atoms with Crippen LogP contribution in [0.15, 0.2) is 42.7 Å². The molecule has 0 saturated carbocycles. The first kappa shape index (κ1) is 10.5. The summed E-state index contributed by atoms with van der Waals surface area (Å²) in [5, 5.41) is 9.06. The molecule has 0 radical (unpaired) electrons. The molecule has 5 heteroatoms. The van der Waals surface area contributed by atoms with Crippen molar-refractivity contribution in [3.05, 3.63) is 48.4 Å². The van der Waals surface area contributed by atoms with Gasteiger partial charge in [-0.25, -0.2) is 14.8 Å². The Morgan fingerprint density at radius 3 is 2.72 bits per heavy atom. The molecule has 0 aliphatic carbocycles. The van der Waals surface area contributed by atoms with Gasteiger partial charge in [0.1, 0.15) is 5.52 Å². The SMILES string of the molecule is O=C(O)c1cc2[nH]cnc2c(-c2ccccc2)n1. The van der Waals surface area contributed by atoms with E-state index in [0.29, 0.717) is 16.7 Å². The summed E-state index contributed by atoms with van der Waals surface area (Å²) in [5.41, 5.74) is 2.77. The quantitative estimate of drug-likeness (QED) is 0.719. The van der Waals surface area contributed by atoms with E-state index in [2.05, 4.69) is 15.0 Å². The Labute approximate surface area is 102 Å². The molecule has 2 heterocycles. The zero-order valence-electron chi connectivity index (χ0n) is 9.29. The van der Waals surface area contributed by atoms with Gasteiger partial charge in [0.15, 0.2) is 5.69 Å².